The van der Waals surface area contributed by atoms with Gasteiger partial charge in [0.15, 0.2) is 0 Å². The second kappa shape index (κ2) is 11.4. The molecule has 0 atom stereocenters. The lowest BCUT2D eigenvalue weighted by Crippen LogP contribution is -2.37. The van der Waals surface area contributed by atoms with Crippen LogP contribution in [0.15, 0.2) is 60.7 Å². The van der Waals surface area contributed by atoms with Crippen molar-refractivity contribution >= 4 is 5.91 Å². The highest BCUT2D eigenvalue weighted by atomic mass is 16.1. The molecule has 0 bridgehead atoms. The molecule has 0 heterocycles. The van der Waals surface area contributed by atoms with Crippen LogP contribution in [0.3, 0.4) is 0 Å². The third-order valence-electron chi connectivity index (χ3n) is 4.58. The van der Waals surface area contributed by atoms with Crippen LogP contribution in [0, 0.1) is 0 Å². The Morgan fingerprint density at radius 3 is 1.96 bits per heavy atom. The summed E-state index contributed by atoms with van der Waals surface area (Å²) >= 11 is 0. The SMILES string of the molecule is CCN(CC)CCCNCC(=O)NC(c1ccccc1)c1ccccc1. The first-order valence-corrected chi connectivity index (χ1v) is 9.57. The van der Waals surface area contributed by atoms with E-state index in [0.29, 0.717) is 6.54 Å². The number of carbonyl (C=O) groups excluding carboxylic acids is 1. The summed E-state index contributed by atoms with van der Waals surface area (Å²) in [7, 11) is 0. The summed E-state index contributed by atoms with van der Waals surface area (Å²) in [6.07, 6.45) is 1.05. The Labute approximate surface area is 157 Å². The fraction of sp³-hybridized carbons (Fsp3) is 0.409. The number of hydrogen-bond donors (Lipinski definition) is 2. The van der Waals surface area contributed by atoms with Gasteiger partial charge in [0.2, 0.25) is 5.91 Å². The van der Waals surface area contributed by atoms with Crippen LogP contribution in [-0.4, -0.2) is 43.5 Å². The molecule has 0 saturated heterocycles. The minimum absolute atomic E-state index is 0.0190. The first kappa shape index (κ1) is 20.1. The molecule has 26 heavy (non-hydrogen) atoms. The van der Waals surface area contributed by atoms with Gasteiger partial charge in [-0.25, -0.2) is 0 Å². The molecule has 2 rings (SSSR count). The van der Waals surface area contributed by atoms with Crippen molar-refractivity contribution in [3.8, 4) is 0 Å². The molecule has 140 valence electrons. The quantitative estimate of drug-likeness (QED) is 0.610. The predicted molar refractivity (Wildman–Crippen MR) is 108 cm³/mol. The molecule has 0 aromatic heterocycles. The summed E-state index contributed by atoms with van der Waals surface area (Å²) in [5.41, 5.74) is 2.18. The van der Waals surface area contributed by atoms with Gasteiger partial charge in [0.25, 0.3) is 0 Å². The van der Waals surface area contributed by atoms with E-state index >= 15 is 0 Å². The van der Waals surface area contributed by atoms with Crippen molar-refractivity contribution in [1.29, 1.82) is 0 Å². The molecular formula is C22H31N3O. The molecule has 2 N–H and O–H groups in total. The molecule has 0 radical (unpaired) electrons. The van der Waals surface area contributed by atoms with Gasteiger partial charge in [-0.05, 0) is 43.7 Å². The number of rotatable bonds is 11. The Kier molecular flexibility index (Phi) is 8.87. The minimum Gasteiger partial charge on any atom is -0.344 e. The number of benzene rings is 2. The second-order valence-electron chi connectivity index (χ2n) is 6.38. The van der Waals surface area contributed by atoms with Gasteiger partial charge < -0.3 is 15.5 Å². The summed E-state index contributed by atoms with van der Waals surface area (Å²) in [6, 6.07) is 20.1. The maximum atomic E-state index is 12.4. The fourth-order valence-corrected chi connectivity index (χ4v) is 3.03. The monoisotopic (exact) mass is 353 g/mol. The predicted octanol–water partition coefficient (Wildman–Crippen LogP) is 3.21. The summed E-state index contributed by atoms with van der Waals surface area (Å²) in [5, 5.41) is 6.42. The number of nitrogens with zero attached hydrogens (tertiary/aromatic N) is 1. The first-order valence-electron chi connectivity index (χ1n) is 9.57. The van der Waals surface area contributed by atoms with Crippen molar-refractivity contribution in [3.63, 3.8) is 0 Å². The third-order valence-corrected chi connectivity index (χ3v) is 4.58. The summed E-state index contributed by atoms with van der Waals surface area (Å²) < 4.78 is 0. The lowest BCUT2D eigenvalue weighted by Gasteiger charge is -2.20. The zero-order valence-corrected chi connectivity index (χ0v) is 15.9. The number of amides is 1. The van der Waals surface area contributed by atoms with Crippen LogP contribution in [0.5, 0.6) is 0 Å². The van der Waals surface area contributed by atoms with Crippen LogP contribution in [0.2, 0.25) is 0 Å². The van der Waals surface area contributed by atoms with Gasteiger partial charge >= 0.3 is 0 Å². The maximum absolute atomic E-state index is 12.4. The highest BCUT2D eigenvalue weighted by molar-refractivity contribution is 5.79. The Morgan fingerprint density at radius 1 is 0.923 bits per heavy atom. The van der Waals surface area contributed by atoms with Crippen molar-refractivity contribution in [1.82, 2.24) is 15.5 Å². The van der Waals surface area contributed by atoms with Crippen molar-refractivity contribution < 1.29 is 4.79 Å². The highest BCUT2D eigenvalue weighted by Crippen LogP contribution is 2.21. The number of carbonyl (C=O) groups is 1. The van der Waals surface area contributed by atoms with Crippen LogP contribution < -0.4 is 10.6 Å². The number of hydrogen-bond acceptors (Lipinski definition) is 3. The normalized spacial score (nSPS) is 11.1. The van der Waals surface area contributed by atoms with Gasteiger partial charge in [0, 0.05) is 0 Å². The topological polar surface area (TPSA) is 44.4 Å². The zero-order valence-electron chi connectivity index (χ0n) is 15.9. The maximum Gasteiger partial charge on any atom is 0.234 e. The van der Waals surface area contributed by atoms with Crippen LogP contribution in [0.4, 0.5) is 0 Å². The van der Waals surface area contributed by atoms with E-state index in [9.17, 15) is 4.79 Å². The van der Waals surface area contributed by atoms with E-state index in [1.165, 1.54) is 0 Å². The van der Waals surface area contributed by atoms with Gasteiger partial charge in [-0.3, -0.25) is 4.79 Å². The largest absolute Gasteiger partial charge is 0.344 e. The molecule has 4 heteroatoms. The Morgan fingerprint density at radius 2 is 1.46 bits per heavy atom. The Bertz CT molecular complexity index is 587. The van der Waals surface area contributed by atoms with Gasteiger partial charge in [-0.2, -0.15) is 0 Å². The van der Waals surface area contributed by atoms with E-state index in [0.717, 1.165) is 43.7 Å². The smallest absolute Gasteiger partial charge is 0.234 e. The van der Waals surface area contributed by atoms with Crippen LogP contribution in [-0.2, 0) is 4.79 Å². The van der Waals surface area contributed by atoms with Crippen LogP contribution >= 0.6 is 0 Å². The first-order chi connectivity index (χ1) is 12.7. The standard InChI is InChI=1S/C22H31N3O/c1-3-25(4-2)17-11-16-23-18-21(26)24-22(19-12-7-5-8-13-19)20-14-9-6-10-15-20/h5-10,12-15,22-23H,3-4,11,16-18H2,1-2H3,(H,24,26). The number of nitrogens with one attached hydrogen (secondary N) is 2. The van der Waals surface area contributed by atoms with E-state index in [-0.39, 0.29) is 11.9 Å². The molecule has 1 amide bonds. The highest BCUT2D eigenvalue weighted by Gasteiger charge is 2.16. The van der Waals surface area contributed by atoms with E-state index in [1.807, 2.05) is 36.4 Å². The third kappa shape index (κ3) is 6.62. The van der Waals surface area contributed by atoms with Gasteiger partial charge in [0.1, 0.15) is 0 Å². The molecular weight excluding hydrogens is 322 g/mol. The zero-order chi connectivity index (χ0) is 18.6. The van der Waals surface area contributed by atoms with Gasteiger partial charge in [-0.15, -0.1) is 0 Å². The average Bonchev–Trinajstić information content (AvgIpc) is 2.70. The lowest BCUT2D eigenvalue weighted by molar-refractivity contribution is -0.120. The van der Waals surface area contributed by atoms with Crippen molar-refractivity contribution in [2.45, 2.75) is 26.3 Å². The van der Waals surface area contributed by atoms with E-state index < -0.39 is 0 Å². The Hall–Kier alpha value is -2.17. The fourth-order valence-electron chi connectivity index (χ4n) is 3.03. The Balaban J connectivity index is 1.85. The molecule has 2 aromatic carbocycles. The molecule has 2 aromatic rings. The van der Waals surface area contributed by atoms with Crippen LogP contribution in [0.25, 0.3) is 0 Å². The average molecular weight is 354 g/mol. The molecule has 0 spiro atoms. The van der Waals surface area contributed by atoms with E-state index in [2.05, 4.69) is 53.6 Å². The van der Waals surface area contributed by atoms with Crippen molar-refractivity contribution in [3.05, 3.63) is 71.8 Å². The molecule has 0 saturated carbocycles. The second-order valence-corrected chi connectivity index (χ2v) is 6.38. The van der Waals surface area contributed by atoms with Crippen molar-refractivity contribution in [2.24, 2.45) is 0 Å². The molecule has 0 fully saturated rings. The molecule has 4 nitrogen and oxygen atoms in total. The molecule has 0 aliphatic heterocycles. The lowest BCUT2D eigenvalue weighted by atomic mass is 9.99. The molecule has 0 unspecified atom stereocenters. The van der Waals surface area contributed by atoms with Crippen LogP contribution in [0.1, 0.15) is 37.4 Å². The van der Waals surface area contributed by atoms with Crippen molar-refractivity contribution in [2.75, 3.05) is 32.7 Å². The van der Waals surface area contributed by atoms with Gasteiger partial charge in [0.05, 0.1) is 12.6 Å². The van der Waals surface area contributed by atoms with E-state index in [1.54, 1.807) is 0 Å². The van der Waals surface area contributed by atoms with E-state index in [4.69, 9.17) is 0 Å². The summed E-state index contributed by atoms with van der Waals surface area (Å²) in [6.45, 7) is 8.77. The van der Waals surface area contributed by atoms with Gasteiger partial charge in [-0.1, -0.05) is 74.5 Å². The summed E-state index contributed by atoms with van der Waals surface area (Å²) in [5.74, 6) is 0.0190. The molecule has 0 aliphatic carbocycles. The molecule has 0 aliphatic rings. The summed E-state index contributed by atoms with van der Waals surface area (Å²) in [4.78, 5) is 14.8. The minimum atomic E-state index is -0.123.